The van der Waals surface area contributed by atoms with Gasteiger partial charge in [-0.05, 0) is 138 Å². The van der Waals surface area contributed by atoms with Crippen LogP contribution in [-0.4, -0.2) is 19.1 Å². The van der Waals surface area contributed by atoms with E-state index in [1.54, 1.807) is 0 Å². The zero-order valence-corrected chi connectivity index (χ0v) is 41.0. The molecule has 0 saturated carbocycles. The Kier molecular flexibility index (Phi) is 9.58. The lowest BCUT2D eigenvalue weighted by Crippen LogP contribution is -2.15. The smallest absolute Gasteiger partial charge is 0.187 e. The zero-order valence-electron chi connectivity index (χ0n) is 41.0. The summed E-state index contributed by atoms with van der Waals surface area (Å²) in [6.45, 7) is 21.3. The third-order valence-corrected chi connectivity index (χ3v) is 14.4. The second kappa shape index (κ2) is 16.0. The van der Waals surface area contributed by atoms with Gasteiger partial charge in [-0.3, -0.25) is 9.13 Å². The average Bonchev–Trinajstić information content (AvgIpc) is 4.12. The normalized spacial score (nSPS) is 12.3. The van der Waals surface area contributed by atoms with E-state index in [9.17, 15) is 0 Å². The van der Waals surface area contributed by atoms with Gasteiger partial charge in [-0.25, -0.2) is 14.8 Å². The summed E-state index contributed by atoms with van der Waals surface area (Å²) in [5.41, 5.74) is 10.5. The number of hydrogen-bond acceptors (Lipinski definition) is 4. The van der Waals surface area contributed by atoms with Crippen LogP contribution in [0.5, 0.6) is 11.5 Å². The molecule has 4 aromatic heterocycles. The highest BCUT2D eigenvalue weighted by Gasteiger charge is 2.26. The van der Waals surface area contributed by atoms with E-state index < -0.39 is 0 Å². The van der Waals surface area contributed by atoms with Crippen molar-refractivity contribution in [3.05, 3.63) is 211 Å². The van der Waals surface area contributed by atoms with E-state index in [1.165, 1.54) is 16.7 Å². The van der Waals surface area contributed by atoms with Crippen LogP contribution >= 0.6 is 0 Å². The highest BCUT2D eigenvalue weighted by atomic mass is 16.5. The van der Waals surface area contributed by atoms with E-state index in [1.807, 2.05) is 30.7 Å². The van der Waals surface area contributed by atoms with Crippen molar-refractivity contribution in [1.29, 1.82) is 0 Å². The monoisotopic (exact) mass is 931 g/mol. The van der Waals surface area contributed by atoms with Crippen molar-refractivity contribution in [3.8, 4) is 45.5 Å². The molecule has 0 aliphatic rings. The van der Waals surface area contributed by atoms with E-state index in [0.717, 1.165) is 98.9 Å². The number of hydrogen-bond donors (Lipinski definition) is 0. The minimum atomic E-state index is -0.201. The first-order valence-corrected chi connectivity index (χ1v) is 24.5. The van der Waals surface area contributed by atoms with Gasteiger partial charge >= 0.3 is 0 Å². The summed E-state index contributed by atoms with van der Waals surface area (Å²) in [5, 5.41) is 10.6. The summed E-state index contributed by atoms with van der Waals surface area (Å²) in [4.78, 5) is 13.9. The van der Waals surface area contributed by atoms with Gasteiger partial charge in [0.1, 0.15) is 34.3 Å². The number of pyridine rings is 1. The molecule has 0 unspecified atom stereocenters. The van der Waals surface area contributed by atoms with Crippen molar-refractivity contribution >= 4 is 81.7 Å². The van der Waals surface area contributed by atoms with E-state index in [2.05, 4.69) is 213 Å². The molecule has 346 valence electrons. The first-order chi connectivity index (χ1) is 34.9. The molecule has 4 heterocycles. The quantitative estimate of drug-likeness (QED) is 0.123. The fourth-order valence-corrected chi connectivity index (χ4v) is 10.8. The zero-order chi connectivity index (χ0) is 49.0. The van der Waals surface area contributed by atoms with Crippen LogP contribution in [0.1, 0.15) is 52.7 Å². The molecule has 0 spiro atoms. The van der Waals surface area contributed by atoms with Crippen LogP contribution < -0.4 is 4.74 Å². The van der Waals surface area contributed by atoms with Gasteiger partial charge in [0.05, 0.1) is 28.9 Å². The number of imidazole rings is 1. The van der Waals surface area contributed by atoms with Gasteiger partial charge in [0.15, 0.2) is 5.69 Å². The van der Waals surface area contributed by atoms with Gasteiger partial charge in [0.2, 0.25) is 0 Å². The second-order valence-corrected chi connectivity index (χ2v) is 21.0. The van der Waals surface area contributed by atoms with Crippen LogP contribution in [0, 0.1) is 6.57 Å². The van der Waals surface area contributed by atoms with Crippen molar-refractivity contribution in [1.82, 2.24) is 19.1 Å². The Morgan fingerprint density at radius 1 is 0.514 bits per heavy atom. The van der Waals surface area contributed by atoms with Gasteiger partial charge in [0.25, 0.3) is 0 Å². The first kappa shape index (κ1) is 43.1. The summed E-state index contributed by atoms with van der Waals surface area (Å²) in [5.74, 6) is 2.93. The van der Waals surface area contributed by atoms with Crippen LogP contribution in [0.15, 0.2) is 193 Å². The minimum Gasteiger partial charge on any atom is -0.457 e. The average molecular weight is 932 g/mol. The first-order valence-electron chi connectivity index (χ1n) is 24.5. The molecule has 7 heteroatoms. The maximum absolute atomic E-state index is 7.80. The van der Waals surface area contributed by atoms with Crippen molar-refractivity contribution in [2.45, 2.75) is 52.4 Å². The molecular weight excluding hydrogens is 883 g/mol. The maximum Gasteiger partial charge on any atom is 0.187 e. The Hall–Kier alpha value is -8.99. The molecule has 7 nitrogen and oxygen atoms in total. The van der Waals surface area contributed by atoms with Crippen molar-refractivity contribution in [2.24, 2.45) is 0 Å². The largest absolute Gasteiger partial charge is 0.457 e. The van der Waals surface area contributed by atoms with Crippen LogP contribution in [0.4, 0.5) is 5.69 Å². The number of para-hydroxylation sites is 1. The topological polar surface area (TPSA) is 62.4 Å². The number of ether oxygens (including phenoxy) is 1. The molecule has 0 N–H and O–H groups in total. The van der Waals surface area contributed by atoms with Crippen LogP contribution in [0.3, 0.4) is 0 Å². The summed E-state index contributed by atoms with van der Waals surface area (Å²) in [6, 6.07) is 59.5. The number of fused-ring (bicyclic) bond motifs is 12. The molecule has 13 rings (SSSR count). The number of aromatic nitrogens is 4. The Morgan fingerprint density at radius 2 is 1.22 bits per heavy atom. The van der Waals surface area contributed by atoms with Gasteiger partial charge in [-0.2, -0.15) is 0 Å². The van der Waals surface area contributed by atoms with Crippen molar-refractivity contribution < 1.29 is 9.15 Å². The van der Waals surface area contributed by atoms with Crippen LogP contribution in [-0.2, 0) is 10.8 Å². The van der Waals surface area contributed by atoms with Gasteiger partial charge in [-0.1, -0.05) is 133 Å². The third-order valence-electron chi connectivity index (χ3n) is 14.4. The number of rotatable bonds is 6. The fraction of sp³-hybridized carbons (Fsp3) is 0.123. The summed E-state index contributed by atoms with van der Waals surface area (Å²) in [7, 11) is 0. The second-order valence-electron chi connectivity index (χ2n) is 21.0. The van der Waals surface area contributed by atoms with Gasteiger partial charge in [0, 0.05) is 46.2 Å². The number of furan rings is 1. The van der Waals surface area contributed by atoms with Gasteiger partial charge < -0.3 is 9.15 Å². The molecule has 0 aliphatic heterocycles. The highest BCUT2D eigenvalue weighted by Crippen LogP contribution is 2.46. The van der Waals surface area contributed by atoms with Crippen LogP contribution in [0.2, 0.25) is 0 Å². The number of nitrogens with zero attached hydrogens (tertiary/aromatic N) is 5. The summed E-state index contributed by atoms with van der Waals surface area (Å²) < 4.78 is 18.7. The highest BCUT2D eigenvalue weighted by molar-refractivity contribution is 6.29. The summed E-state index contributed by atoms with van der Waals surface area (Å²) in [6.07, 6.45) is 5.83. The lowest BCUT2D eigenvalue weighted by Gasteiger charge is -2.25. The van der Waals surface area contributed by atoms with E-state index in [0.29, 0.717) is 22.8 Å². The predicted molar refractivity (Wildman–Crippen MR) is 297 cm³/mol. The molecule has 0 amide bonds. The molecule has 0 atom stereocenters. The van der Waals surface area contributed by atoms with Crippen molar-refractivity contribution in [3.63, 3.8) is 0 Å². The van der Waals surface area contributed by atoms with Crippen molar-refractivity contribution in [2.75, 3.05) is 0 Å². The SMILES string of the molecule is [C-]#[N+]c1ccc2c(c1)c1ccccc1c1cc3c(cc21)oc1c(-c2nccn2-c2ccc(-c4ccccc4)cc2C(C)(C)C)cc(Oc2ccc4c5ccccc5n(-c5cc(C(C)(C)C)ccn5)c4c2)cc13. The predicted octanol–water partition coefficient (Wildman–Crippen LogP) is 18.0. The Bertz CT molecular complexity index is 4400. The van der Waals surface area contributed by atoms with E-state index in [-0.39, 0.29) is 10.8 Å². The Balaban J connectivity index is 1.05. The number of benzene rings is 9. The molecule has 72 heavy (non-hydrogen) atoms. The molecule has 0 saturated heterocycles. The molecule has 0 radical (unpaired) electrons. The lowest BCUT2D eigenvalue weighted by atomic mass is 9.84. The molecule has 0 bridgehead atoms. The molecular formula is C65H49N5O2. The Morgan fingerprint density at radius 3 is 2.00 bits per heavy atom. The molecule has 9 aromatic carbocycles. The minimum absolute atomic E-state index is 0.0524. The fourth-order valence-electron chi connectivity index (χ4n) is 10.8. The molecule has 0 fully saturated rings. The third kappa shape index (κ3) is 6.93. The molecule has 13 aromatic rings. The maximum atomic E-state index is 7.80. The van der Waals surface area contributed by atoms with E-state index >= 15 is 0 Å². The Labute approximate surface area is 417 Å². The summed E-state index contributed by atoms with van der Waals surface area (Å²) >= 11 is 0. The van der Waals surface area contributed by atoms with Crippen LogP contribution in [0.25, 0.3) is 115 Å². The lowest BCUT2D eigenvalue weighted by molar-refractivity contribution is 0.484. The van der Waals surface area contributed by atoms with E-state index in [4.69, 9.17) is 25.7 Å². The van der Waals surface area contributed by atoms with Gasteiger partial charge in [-0.15, -0.1) is 0 Å². The standard InChI is InChI=1S/C65H49N5O2/c1-64(2,3)41-27-28-67-61(32-41)70-57-20-14-13-19-48(57)49-25-23-43(36-59(49)70)71-44-34-54-53-37-51-46-18-12-11-17-45(46)50-33-42(66-7)22-24-47(50)52(51)38-60(53)72-62(54)55(35-44)63-68-29-30-69(63)58-26-21-40(31-56(58)65(4,5)6)39-15-9-8-10-16-39/h8-38H,1-6H3. The molecule has 0 aliphatic carbocycles.